The summed E-state index contributed by atoms with van der Waals surface area (Å²) in [6.45, 7) is 0. The van der Waals surface area contributed by atoms with Crippen LogP contribution in [-0.2, 0) is 27.2 Å². The van der Waals surface area contributed by atoms with Crippen molar-refractivity contribution in [3.8, 4) is 0 Å². The minimum atomic E-state index is -0.605. The van der Waals surface area contributed by atoms with Gasteiger partial charge >= 0.3 is 5.97 Å². The molecule has 1 amide bonds. The summed E-state index contributed by atoms with van der Waals surface area (Å²) in [4.78, 5) is 23.3. The molecule has 2 rings (SSSR count). The van der Waals surface area contributed by atoms with Crippen molar-refractivity contribution in [1.29, 1.82) is 0 Å². The second-order valence-electron chi connectivity index (χ2n) is 5.56. The number of amides is 1. The molecule has 6 heteroatoms. The monoisotopic (exact) mass is 362 g/mol. The third-order valence-electron chi connectivity index (χ3n) is 3.70. The zero-order valence-electron chi connectivity index (χ0n) is 14.1. The summed E-state index contributed by atoms with van der Waals surface area (Å²) < 4.78 is 4.61. The fourth-order valence-corrected chi connectivity index (χ4v) is 2.30. The quantitative estimate of drug-likeness (QED) is 0.742. The van der Waals surface area contributed by atoms with Crippen LogP contribution in [-0.4, -0.2) is 25.0 Å². The lowest BCUT2D eigenvalue weighted by Crippen LogP contribution is -2.37. The van der Waals surface area contributed by atoms with E-state index in [2.05, 4.69) is 10.1 Å². The van der Waals surface area contributed by atoms with E-state index in [0.717, 1.165) is 11.1 Å². The van der Waals surface area contributed by atoms with E-state index in [1.807, 2.05) is 42.5 Å². The molecule has 0 aliphatic heterocycles. The van der Waals surface area contributed by atoms with Gasteiger partial charge in [0.05, 0.1) is 13.2 Å². The molecule has 134 valence electrons. The first-order chi connectivity index (χ1) is 11.6. The Labute approximate surface area is 154 Å². The van der Waals surface area contributed by atoms with Gasteiger partial charge in [0.1, 0.15) is 0 Å². The standard InChI is InChI=1S/C19H22N2O3.ClH/c1-24-18(22)12-9-14-7-10-16(11-8-14)21-19(23)17(20)13-15-5-3-2-4-6-15;/h2-8,10-11,17H,9,12-13,20H2,1H3,(H,21,23);1H/t17-;/m0./s1. The number of carbonyl (C=O) groups is 2. The minimum absolute atomic E-state index is 0. The van der Waals surface area contributed by atoms with E-state index >= 15 is 0 Å². The largest absolute Gasteiger partial charge is 0.469 e. The van der Waals surface area contributed by atoms with Gasteiger partial charge in [0.2, 0.25) is 5.91 Å². The Morgan fingerprint density at radius 1 is 1.04 bits per heavy atom. The molecule has 0 radical (unpaired) electrons. The first kappa shape index (κ1) is 20.7. The number of anilines is 1. The van der Waals surface area contributed by atoms with Gasteiger partial charge in [-0.2, -0.15) is 0 Å². The molecule has 0 unspecified atom stereocenters. The minimum Gasteiger partial charge on any atom is -0.469 e. The highest BCUT2D eigenvalue weighted by Crippen LogP contribution is 2.12. The lowest BCUT2D eigenvalue weighted by atomic mass is 10.1. The van der Waals surface area contributed by atoms with Crippen LogP contribution in [0, 0.1) is 0 Å². The number of benzene rings is 2. The Bertz CT molecular complexity index is 675. The molecule has 0 saturated heterocycles. The summed E-state index contributed by atoms with van der Waals surface area (Å²) in [5.41, 5.74) is 8.68. The predicted octanol–water partition coefficient (Wildman–Crippen LogP) is 2.72. The van der Waals surface area contributed by atoms with Gasteiger partial charge in [-0.1, -0.05) is 42.5 Å². The van der Waals surface area contributed by atoms with E-state index in [-0.39, 0.29) is 24.3 Å². The van der Waals surface area contributed by atoms with Crippen LogP contribution in [0.1, 0.15) is 17.5 Å². The van der Waals surface area contributed by atoms with Gasteiger partial charge in [-0.15, -0.1) is 12.4 Å². The molecule has 0 bridgehead atoms. The van der Waals surface area contributed by atoms with Gasteiger partial charge in [-0.3, -0.25) is 9.59 Å². The molecule has 0 spiro atoms. The highest BCUT2D eigenvalue weighted by molar-refractivity contribution is 5.94. The highest BCUT2D eigenvalue weighted by atomic mass is 35.5. The summed E-state index contributed by atoms with van der Waals surface area (Å²) in [5, 5.41) is 2.81. The molecular formula is C19H23ClN2O3. The number of hydrogen-bond donors (Lipinski definition) is 2. The first-order valence-electron chi connectivity index (χ1n) is 7.84. The molecule has 0 saturated carbocycles. The van der Waals surface area contributed by atoms with Gasteiger partial charge < -0.3 is 15.8 Å². The molecule has 2 aromatic carbocycles. The van der Waals surface area contributed by atoms with Crippen LogP contribution in [0.15, 0.2) is 54.6 Å². The summed E-state index contributed by atoms with van der Waals surface area (Å²) in [6.07, 6.45) is 1.43. The Morgan fingerprint density at radius 2 is 1.68 bits per heavy atom. The number of hydrogen-bond acceptors (Lipinski definition) is 4. The Kier molecular flexibility index (Phi) is 8.67. The van der Waals surface area contributed by atoms with Crippen molar-refractivity contribution in [3.05, 3.63) is 65.7 Å². The number of halogens is 1. The summed E-state index contributed by atoms with van der Waals surface area (Å²) in [7, 11) is 1.37. The molecule has 5 nitrogen and oxygen atoms in total. The van der Waals surface area contributed by atoms with Crippen LogP contribution in [0.25, 0.3) is 0 Å². The molecule has 0 fully saturated rings. The number of ether oxygens (including phenoxy) is 1. The number of nitrogens with two attached hydrogens (primary N) is 1. The average molecular weight is 363 g/mol. The van der Waals surface area contributed by atoms with Crippen molar-refractivity contribution in [3.63, 3.8) is 0 Å². The third-order valence-corrected chi connectivity index (χ3v) is 3.70. The van der Waals surface area contributed by atoms with Gasteiger partial charge in [0.25, 0.3) is 0 Å². The van der Waals surface area contributed by atoms with Crippen LogP contribution in [0.5, 0.6) is 0 Å². The number of aryl methyl sites for hydroxylation is 1. The van der Waals surface area contributed by atoms with Crippen molar-refractivity contribution in [1.82, 2.24) is 0 Å². The molecule has 0 aliphatic rings. The Morgan fingerprint density at radius 3 is 2.28 bits per heavy atom. The van der Waals surface area contributed by atoms with Gasteiger partial charge in [-0.05, 0) is 36.1 Å². The number of methoxy groups -OCH3 is 1. The van der Waals surface area contributed by atoms with Gasteiger partial charge in [0, 0.05) is 12.1 Å². The fourth-order valence-electron chi connectivity index (χ4n) is 2.30. The number of rotatable bonds is 7. The smallest absolute Gasteiger partial charge is 0.305 e. The summed E-state index contributed by atoms with van der Waals surface area (Å²) in [6, 6.07) is 16.4. The zero-order valence-corrected chi connectivity index (χ0v) is 14.9. The second-order valence-corrected chi connectivity index (χ2v) is 5.56. The van der Waals surface area contributed by atoms with Crippen molar-refractivity contribution >= 4 is 30.0 Å². The highest BCUT2D eigenvalue weighted by Gasteiger charge is 2.14. The topological polar surface area (TPSA) is 81.4 Å². The lowest BCUT2D eigenvalue weighted by molar-refractivity contribution is -0.140. The van der Waals surface area contributed by atoms with Crippen molar-refractivity contribution in [2.45, 2.75) is 25.3 Å². The maximum Gasteiger partial charge on any atom is 0.305 e. The van der Waals surface area contributed by atoms with Gasteiger partial charge in [0.15, 0.2) is 0 Å². The fraction of sp³-hybridized carbons (Fsp3) is 0.263. The summed E-state index contributed by atoms with van der Waals surface area (Å²) >= 11 is 0. The van der Waals surface area contributed by atoms with Crippen LogP contribution < -0.4 is 11.1 Å². The lowest BCUT2D eigenvalue weighted by Gasteiger charge is -2.12. The molecule has 1 atom stereocenters. The molecule has 3 N–H and O–H groups in total. The number of nitrogens with one attached hydrogen (secondary N) is 1. The van der Waals surface area contributed by atoms with Crippen LogP contribution in [0.3, 0.4) is 0 Å². The predicted molar refractivity (Wildman–Crippen MR) is 101 cm³/mol. The maximum atomic E-state index is 12.2. The normalized spacial score (nSPS) is 11.1. The Hall–Kier alpha value is -2.37. The maximum absolute atomic E-state index is 12.2. The number of carbonyl (C=O) groups excluding carboxylic acids is 2. The summed E-state index contributed by atoms with van der Waals surface area (Å²) in [5.74, 6) is -0.458. The SMILES string of the molecule is COC(=O)CCc1ccc(NC(=O)[C@@H](N)Cc2ccccc2)cc1.Cl. The molecule has 0 aromatic heterocycles. The van der Waals surface area contributed by atoms with E-state index in [4.69, 9.17) is 5.73 Å². The molecule has 0 aliphatic carbocycles. The Balaban J connectivity index is 0.00000312. The molecule has 25 heavy (non-hydrogen) atoms. The van der Waals surface area contributed by atoms with Crippen molar-refractivity contribution in [2.75, 3.05) is 12.4 Å². The molecule has 2 aromatic rings. The van der Waals surface area contributed by atoms with E-state index in [1.165, 1.54) is 7.11 Å². The average Bonchev–Trinajstić information content (AvgIpc) is 2.61. The van der Waals surface area contributed by atoms with Crippen molar-refractivity contribution < 1.29 is 14.3 Å². The zero-order chi connectivity index (χ0) is 17.4. The number of esters is 1. The first-order valence-corrected chi connectivity index (χ1v) is 7.84. The molecule has 0 heterocycles. The van der Waals surface area contributed by atoms with E-state index in [0.29, 0.717) is 24.9 Å². The van der Waals surface area contributed by atoms with Gasteiger partial charge in [-0.25, -0.2) is 0 Å². The molecular weight excluding hydrogens is 340 g/mol. The van der Waals surface area contributed by atoms with Crippen LogP contribution >= 0.6 is 12.4 Å². The van der Waals surface area contributed by atoms with E-state index in [1.54, 1.807) is 12.1 Å². The second kappa shape index (κ2) is 10.5. The third kappa shape index (κ3) is 6.95. The van der Waals surface area contributed by atoms with E-state index in [9.17, 15) is 9.59 Å². The van der Waals surface area contributed by atoms with Crippen molar-refractivity contribution in [2.24, 2.45) is 5.73 Å². The van der Waals surface area contributed by atoms with E-state index < -0.39 is 6.04 Å². The van der Waals surface area contributed by atoms with Crippen LogP contribution in [0.4, 0.5) is 5.69 Å². The van der Waals surface area contributed by atoms with Crippen LogP contribution in [0.2, 0.25) is 0 Å².